The molecule has 9 heteroatoms. The number of rotatable bonds is 8. The Hall–Kier alpha value is -2.19. The van der Waals surface area contributed by atoms with Gasteiger partial charge >= 0.3 is 0 Å². The number of nitrogens with zero attached hydrogens (tertiary/aromatic N) is 2. The van der Waals surface area contributed by atoms with Crippen molar-refractivity contribution in [1.29, 1.82) is 0 Å². The average Bonchev–Trinajstić information content (AvgIpc) is 2.56. The van der Waals surface area contributed by atoms with Crippen LogP contribution in [-0.2, 0) is 4.79 Å². The summed E-state index contributed by atoms with van der Waals surface area (Å²) in [6.07, 6.45) is 0.643. The Kier molecular flexibility index (Phi) is 7.79. The van der Waals surface area contributed by atoms with Gasteiger partial charge in [-0.15, -0.1) is 0 Å². The van der Waals surface area contributed by atoms with Gasteiger partial charge in [-0.3, -0.25) is 19.7 Å². The molecule has 0 aromatic heterocycles. The lowest BCUT2D eigenvalue weighted by Gasteiger charge is -2.21. The number of nitrogens with one attached hydrogen (secondary N) is 1. The zero-order valence-electron chi connectivity index (χ0n) is 14.5. The fourth-order valence-electron chi connectivity index (χ4n) is 2.07. The standard InChI is InChI=1S/C16H23ClN4O4/c1-10(2)12(18)7-8-20(3)14(22)9-19-16(23)15-11(17)5-4-6-13(15)21(24)25/h4-6,10,12H,7-9,18H2,1-3H3,(H,19,23). The van der Waals surface area contributed by atoms with Crippen LogP contribution in [0.15, 0.2) is 18.2 Å². The van der Waals surface area contributed by atoms with Crippen molar-refractivity contribution in [3.63, 3.8) is 0 Å². The van der Waals surface area contributed by atoms with Gasteiger partial charge in [-0.05, 0) is 18.4 Å². The van der Waals surface area contributed by atoms with Crippen molar-refractivity contribution < 1.29 is 14.5 Å². The second kappa shape index (κ2) is 9.33. The fourth-order valence-corrected chi connectivity index (χ4v) is 2.33. The largest absolute Gasteiger partial charge is 0.344 e. The summed E-state index contributed by atoms with van der Waals surface area (Å²) in [5.74, 6) is -0.777. The van der Waals surface area contributed by atoms with E-state index in [1.165, 1.54) is 23.1 Å². The lowest BCUT2D eigenvalue weighted by molar-refractivity contribution is -0.385. The van der Waals surface area contributed by atoms with Crippen LogP contribution in [0.2, 0.25) is 5.02 Å². The molecule has 1 rings (SSSR count). The minimum absolute atomic E-state index is 0.0179. The molecule has 1 aromatic carbocycles. The van der Waals surface area contributed by atoms with Crippen molar-refractivity contribution >= 4 is 29.1 Å². The molecule has 1 aromatic rings. The molecule has 3 N–H and O–H groups in total. The van der Waals surface area contributed by atoms with Crippen molar-refractivity contribution in [2.45, 2.75) is 26.3 Å². The Morgan fingerprint density at radius 1 is 1.40 bits per heavy atom. The predicted octanol–water partition coefficient (Wildman–Crippen LogP) is 1.81. The van der Waals surface area contributed by atoms with Gasteiger partial charge in [0.05, 0.1) is 16.5 Å². The van der Waals surface area contributed by atoms with Gasteiger partial charge in [0.15, 0.2) is 0 Å². The van der Waals surface area contributed by atoms with Gasteiger partial charge in [-0.2, -0.15) is 0 Å². The van der Waals surface area contributed by atoms with Gasteiger partial charge < -0.3 is 16.0 Å². The molecule has 1 atom stereocenters. The second-order valence-corrected chi connectivity index (χ2v) is 6.49. The van der Waals surface area contributed by atoms with Crippen molar-refractivity contribution in [1.82, 2.24) is 10.2 Å². The maximum Gasteiger partial charge on any atom is 0.283 e. The molecule has 0 saturated heterocycles. The Morgan fingerprint density at radius 2 is 2.04 bits per heavy atom. The van der Waals surface area contributed by atoms with Crippen LogP contribution >= 0.6 is 11.6 Å². The number of nitro benzene ring substituents is 1. The molecule has 0 radical (unpaired) electrons. The third-order valence-electron chi connectivity index (χ3n) is 3.90. The molecule has 0 aliphatic rings. The van der Waals surface area contributed by atoms with E-state index < -0.39 is 16.5 Å². The predicted molar refractivity (Wildman–Crippen MR) is 95.5 cm³/mol. The summed E-state index contributed by atoms with van der Waals surface area (Å²) in [6.45, 7) is 4.18. The molecule has 1 unspecified atom stereocenters. The highest BCUT2D eigenvalue weighted by atomic mass is 35.5. The minimum Gasteiger partial charge on any atom is -0.344 e. The minimum atomic E-state index is -0.766. The number of hydrogen-bond donors (Lipinski definition) is 2. The highest BCUT2D eigenvalue weighted by Crippen LogP contribution is 2.25. The lowest BCUT2D eigenvalue weighted by atomic mass is 10.0. The van der Waals surface area contributed by atoms with Crippen molar-refractivity contribution in [3.8, 4) is 0 Å². The molecule has 0 heterocycles. The first-order valence-corrected chi connectivity index (χ1v) is 8.23. The summed E-state index contributed by atoms with van der Waals surface area (Å²) in [4.78, 5) is 36.0. The van der Waals surface area contributed by atoms with E-state index in [4.69, 9.17) is 17.3 Å². The van der Waals surface area contributed by atoms with E-state index >= 15 is 0 Å². The summed E-state index contributed by atoms with van der Waals surface area (Å²) in [5.41, 5.74) is 5.27. The SMILES string of the molecule is CC(C)C(N)CCN(C)C(=O)CNC(=O)c1c(Cl)cccc1[N+](=O)[O-]. The number of likely N-dealkylation sites (N-methyl/N-ethyl adjacent to an activating group) is 1. The van der Waals surface area contributed by atoms with Crippen LogP contribution < -0.4 is 11.1 Å². The van der Waals surface area contributed by atoms with Gasteiger partial charge in [-0.25, -0.2) is 0 Å². The van der Waals surface area contributed by atoms with E-state index in [2.05, 4.69) is 5.32 Å². The maximum absolute atomic E-state index is 12.2. The van der Waals surface area contributed by atoms with E-state index in [0.29, 0.717) is 18.9 Å². The van der Waals surface area contributed by atoms with Crippen LogP contribution in [0.4, 0.5) is 5.69 Å². The Morgan fingerprint density at radius 3 is 2.60 bits per heavy atom. The molecule has 0 saturated carbocycles. The molecule has 0 aliphatic heterocycles. The molecular weight excluding hydrogens is 348 g/mol. The lowest BCUT2D eigenvalue weighted by Crippen LogP contribution is -2.40. The van der Waals surface area contributed by atoms with Gasteiger partial charge in [0.25, 0.3) is 11.6 Å². The Labute approximate surface area is 151 Å². The quantitative estimate of drug-likeness (QED) is 0.534. The third kappa shape index (κ3) is 5.99. The van der Waals surface area contributed by atoms with Crippen LogP contribution in [-0.4, -0.2) is 47.8 Å². The Bertz CT molecular complexity index is 651. The van der Waals surface area contributed by atoms with Crippen molar-refractivity contribution in [2.75, 3.05) is 20.1 Å². The van der Waals surface area contributed by atoms with Gasteiger partial charge in [0.1, 0.15) is 5.56 Å². The second-order valence-electron chi connectivity index (χ2n) is 6.09. The molecular formula is C16H23ClN4O4. The van der Waals surface area contributed by atoms with E-state index in [1.807, 2.05) is 13.8 Å². The highest BCUT2D eigenvalue weighted by Gasteiger charge is 2.24. The molecule has 0 spiro atoms. The van der Waals surface area contributed by atoms with Crippen molar-refractivity contribution in [2.24, 2.45) is 11.7 Å². The van der Waals surface area contributed by atoms with Crippen LogP contribution in [0.25, 0.3) is 0 Å². The fraction of sp³-hybridized carbons (Fsp3) is 0.500. The van der Waals surface area contributed by atoms with E-state index in [0.717, 1.165) is 0 Å². The summed E-state index contributed by atoms with van der Waals surface area (Å²) >= 11 is 5.89. The number of benzene rings is 1. The number of nitrogens with two attached hydrogens (primary N) is 1. The number of carbonyl (C=O) groups excluding carboxylic acids is 2. The molecule has 2 amide bonds. The molecule has 8 nitrogen and oxygen atoms in total. The first-order valence-electron chi connectivity index (χ1n) is 7.85. The zero-order valence-corrected chi connectivity index (χ0v) is 15.2. The summed E-state index contributed by atoms with van der Waals surface area (Å²) < 4.78 is 0. The summed E-state index contributed by atoms with van der Waals surface area (Å²) in [5, 5.41) is 13.3. The number of carbonyl (C=O) groups is 2. The summed E-state index contributed by atoms with van der Waals surface area (Å²) in [7, 11) is 1.61. The number of nitro groups is 1. The van der Waals surface area contributed by atoms with Gasteiger partial charge in [-0.1, -0.05) is 31.5 Å². The normalized spacial score (nSPS) is 11.9. The van der Waals surface area contributed by atoms with E-state index in [-0.39, 0.29) is 29.1 Å². The van der Waals surface area contributed by atoms with Crippen LogP contribution in [0.1, 0.15) is 30.6 Å². The van der Waals surface area contributed by atoms with Crippen LogP contribution in [0.3, 0.4) is 0 Å². The monoisotopic (exact) mass is 370 g/mol. The van der Waals surface area contributed by atoms with Crippen LogP contribution in [0, 0.1) is 16.0 Å². The zero-order chi connectivity index (χ0) is 19.1. The molecule has 0 aliphatic carbocycles. The van der Waals surface area contributed by atoms with Gasteiger partial charge in [0, 0.05) is 25.7 Å². The number of amides is 2. The first kappa shape index (κ1) is 20.9. The van der Waals surface area contributed by atoms with Crippen LogP contribution in [0.5, 0.6) is 0 Å². The van der Waals surface area contributed by atoms with E-state index in [1.54, 1.807) is 7.05 Å². The highest BCUT2D eigenvalue weighted by molar-refractivity contribution is 6.34. The smallest absolute Gasteiger partial charge is 0.283 e. The number of halogens is 1. The number of hydrogen-bond acceptors (Lipinski definition) is 5. The molecule has 138 valence electrons. The van der Waals surface area contributed by atoms with Gasteiger partial charge in [0.2, 0.25) is 5.91 Å². The molecule has 0 bridgehead atoms. The molecule has 25 heavy (non-hydrogen) atoms. The first-order chi connectivity index (χ1) is 11.6. The molecule has 0 fully saturated rings. The van der Waals surface area contributed by atoms with E-state index in [9.17, 15) is 19.7 Å². The summed E-state index contributed by atoms with van der Waals surface area (Å²) in [6, 6.07) is 3.93. The average molecular weight is 371 g/mol. The third-order valence-corrected chi connectivity index (χ3v) is 4.21. The maximum atomic E-state index is 12.2. The van der Waals surface area contributed by atoms with Crippen molar-refractivity contribution in [3.05, 3.63) is 38.9 Å². The Balaban J connectivity index is 2.65. The topological polar surface area (TPSA) is 119 Å².